The first kappa shape index (κ1) is 21.3. The number of pyridine rings is 1. The highest BCUT2D eigenvalue weighted by Crippen LogP contribution is 2.43. The molecule has 0 amide bonds. The number of hydrogen-bond acceptors (Lipinski definition) is 3. The molecule has 4 aromatic rings. The van der Waals surface area contributed by atoms with Gasteiger partial charge in [0.25, 0.3) is 0 Å². The standard InChI is InChI=1S/C24H16Cl3N3OS/c25-15-5-7-16(8-6-15)30-23(22(29-24(30)32)19-3-1-2-12-28-19)21-11-10-20(31-21)14-4-9-17(26)18(27)13-14/h1-13,22-23H,(H,29,32)/t22-,23-/m1/s1. The number of hydrogen-bond donors (Lipinski definition) is 1. The molecular formula is C24H16Cl3N3OS. The molecule has 0 radical (unpaired) electrons. The van der Waals surface area contributed by atoms with Crippen LogP contribution in [0.5, 0.6) is 0 Å². The number of nitrogens with zero attached hydrogens (tertiary/aromatic N) is 2. The van der Waals surface area contributed by atoms with Gasteiger partial charge in [-0.05, 0) is 78.9 Å². The van der Waals surface area contributed by atoms with Crippen molar-refractivity contribution in [1.82, 2.24) is 10.3 Å². The normalized spacial score (nSPS) is 18.1. The van der Waals surface area contributed by atoms with Gasteiger partial charge in [0.15, 0.2) is 5.11 Å². The van der Waals surface area contributed by atoms with Gasteiger partial charge in [0.2, 0.25) is 0 Å². The second-order valence-electron chi connectivity index (χ2n) is 7.30. The molecule has 1 aliphatic heterocycles. The van der Waals surface area contributed by atoms with E-state index in [2.05, 4.69) is 10.3 Å². The van der Waals surface area contributed by atoms with E-state index in [1.54, 1.807) is 18.3 Å². The van der Waals surface area contributed by atoms with E-state index in [4.69, 9.17) is 51.4 Å². The SMILES string of the molecule is S=C1N[C@H](c2ccccn2)[C@@H](c2ccc(-c3ccc(Cl)c(Cl)c3)o2)N1c1ccc(Cl)cc1. The number of nitrogens with one attached hydrogen (secondary N) is 1. The summed E-state index contributed by atoms with van der Waals surface area (Å²) in [5, 5.41) is 5.62. The van der Waals surface area contributed by atoms with Crippen molar-refractivity contribution in [3.8, 4) is 11.3 Å². The quantitative estimate of drug-likeness (QED) is 0.294. The molecule has 3 heterocycles. The molecule has 0 unspecified atom stereocenters. The van der Waals surface area contributed by atoms with Gasteiger partial charge in [-0.2, -0.15) is 0 Å². The highest BCUT2D eigenvalue weighted by atomic mass is 35.5. The summed E-state index contributed by atoms with van der Waals surface area (Å²) in [5.41, 5.74) is 2.61. The molecule has 1 N–H and O–H groups in total. The van der Waals surface area contributed by atoms with E-state index in [9.17, 15) is 0 Å². The highest BCUT2D eigenvalue weighted by Gasteiger charge is 2.42. The Kier molecular flexibility index (Phi) is 5.82. The minimum Gasteiger partial charge on any atom is -0.459 e. The van der Waals surface area contributed by atoms with Crippen molar-refractivity contribution in [2.24, 2.45) is 0 Å². The van der Waals surface area contributed by atoms with Crippen molar-refractivity contribution in [3.05, 3.63) is 106 Å². The van der Waals surface area contributed by atoms with Crippen LogP contribution in [0.15, 0.2) is 83.4 Å². The number of furan rings is 1. The fraction of sp³-hybridized carbons (Fsp3) is 0.0833. The lowest BCUT2D eigenvalue weighted by atomic mass is 10.0. The summed E-state index contributed by atoms with van der Waals surface area (Å²) in [6.07, 6.45) is 1.77. The molecule has 4 nitrogen and oxygen atoms in total. The van der Waals surface area contributed by atoms with Crippen LogP contribution in [-0.4, -0.2) is 10.1 Å². The lowest BCUT2D eigenvalue weighted by molar-refractivity contribution is 0.439. The van der Waals surface area contributed by atoms with Gasteiger partial charge in [0.1, 0.15) is 17.6 Å². The van der Waals surface area contributed by atoms with Gasteiger partial charge in [-0.15, -0.1) is 0 Å². The maximum atomic E-state index is 6.33. The summed E-state index contributed by atoms with van der Waals surface area (Å²) in [4.78, 5) is 6.59. The molecule has 1 aliphatic rings. The van der Waals surface area contributed by atoms with Gasteiger partial charge in [0, 0.05) is 22.5 Å². The Hall–Kier alpha value is -2.57. The van der Waals surface area contributed by atoms with Crippen molar-refractivity contribution >= 4 is 57.8 Å². The minimum atomic E-state index is -0.255. The van der Waals surface area contributed by atoms with E-state index >= 15 is 0 Å². The third kappa shape index (κ3) is 3.97. The number of aromatic nitrogens is 1. The van der Waals surface area contributed by atoms with Gasteiger partial charge in [-0.3, -0.25) is 4.98 Å². The number of halogens is 3. The molecule has 5 rings (SSSR count). The van der Waals surface area contributed by atoms with Crippen molar-refractivity contribution in [2.75, 3.05) is 4.90 Å². The molecule has 0 spiro atoms. The largest absolute Gasteiger partial charge is 0.459 e. The third-order valence-corrected chi connectivity index (χ3v) is 6.63. The molecule has 32 heavy (non-hydrogen) atoms. The van der Waals surface area contributed by atoms with E-state index in [1.807, 2.05) is 65.6 Å². The molecule has 8 heteroatoms. The number of thiocarbonyl (C=S) groups is 1. The highest BCUT2D eigenvalue weighted by molar-refractivity contribution is 7.80. The topological polar surface area (TPSA) is 41.3 Å². The van der Waals surface area contributed by atoms with Crippen molar-refractivity contribution < 1.29 is 4.42 Å². The zero-order valence-corrected chi connectivity index (χ0v) is 19.6. The maximum absolute atomic E-state index is 6.33. The predicted octanol–water partition coefficient (Wildman–Crippen LogP) is 7.48. The first-order valence-corrected chi connectivity index (χ1v) is 11.4. The summed E-state index contributed by atoms with van der Waals surface area (Å²) < 4.78 is 6.33. The summed E-state index contributed by atoms with van der Waals surface area (Å²) in [6.45, 7) is 0. The second-order valence-corrected chi connectivity index (χ2v) is 8.94. The number of rotatable bonds is 4. The molecule has 0 saturated carbocycles. The van der Waals surface area contributed by atoms with Crippen molar-refractivity contribution in [3.63, 3.8) is 0 Å². The molecular weight excluding hydrogens is 485 g/mol. The van der Waals surface area contributed by atoms with Gasteiger partial charge >= 0.3 is 0 Å². The number of anilines is 1. The Morgan fingerprint density at radius 3 is 2.44 bits per heavy atom. The fourth-order valence-electron chi connectivity index (χ4n) is 3.84. The van der Waals surface area contributed by atoms with Crippen LogP contribution in [0.4, 0.5) is 5.69 Å². The third-order valence-electron chi connectivity index (χ3n) is 5.33. The van der Waals surface area contributed by atoms with Crippen LogP contribution in [0.25, 0.3) is 11.3 Å². The van der Waals surface area contributed by atoms with Crippen LogP contribution in [-0.2, 0) is 0 Å². The second kappa shape index (κ2) is 8.75. The lowest BCUT2D eigenvalue weighted by Crippen LogP contribution is -2.29. The molecule has 0 bridgehead atoms. The predicted molar refractivity (Wildman–Crippen MR) is 134 cm³/mol. The monoisotopic (exact) mass is 499 g/mol. The molecule has 2 aromatic carbocycles. The molecule has 160 valence electrons. The first-order valence-electron chi connectivity index (χ1n) is 9.82. The van der Waals surface area contributed by atoms with Crippen LogP contribution >= 0.6 is 47.0 Å². The first-order chi connectivity index (χ1) is 15.5. The molecule has 2 aromatic heterocycles. The molecule has 1 fully saturated rings. The Bertz CT molecular complexity index is 1280. The van der Waals surface area contributed by atoms with E-state index in [1.165, 1.54) is 0 Å². The maximum Gasteiger partial charge on any atom is 0.174 e. The zero-order valence-electron chi connectivity index (χ0n) is 16.5. The van der Waals surface area contributed by atoms with Crippen LogP contribution in [0.1, 0.15) is 23.5 Å². The minimum absolute atomic E-state index is 0.202. The zero-order chi connectivity index (χ0) is 22.2. The smallest absolute Gasteiger partial charge is 0.174 e. The van der Waals surface area contributed by atoms with Gasteiger partial charge < -0.3 is 14.6 Å². The average Bonchev–Trinajstić information content (AvgIpc) is 3.41. The van der Waals surface area contributed by atoms with Crippen LogP contribution in [0.2, 0.25) is 15.1 Å². The van der Waals surface area contributed by atoms with Crippen LogP contribution in [0, 0.1) is 0 Å². The summed E-state index contributed by atoms with van der Waals surface area (Å²) in [6, 6.07) is 22.2. The summed E-state index contributed by atoms with van der Waals surface area (Å²) >= 11 is 24.1. The van der Waals surface area contributed by atoms with Crippen molar-refractivity contribution in [1.29, 1.82) is 0 Å². The lowest BCUT2D eigenvalue weighted by Gasteiger charge is -2.26. The van der Waals surface area contributed by atoms with E-state index in [0.717, 1.165) is 22.7 Å². The average molecular weight is 501 g/mol. The Balaban J connectivity index is 1.59. The molecule has 2 atom stereocenters. The van der Waals surface area contributed by atoms with E-state index < -0.39 is 0 Å². The Morgan fingerprint density at radius 1 is 0.906 bits per heavy atom. The summed E-state index contributed by atoms with van der Waals surface area (Å²) in [7, 11) is 0. The molecule has 1 saturated heterocycles. The van der Waals surface area contributed by atoms with Gasteiger partial charge in [-0.25, -0.2) is 0 Å². The Morgan fingerprint density at radius 2 is 1.72 bits per heavy atom. The van der Waals surface area contributed by atoms with E-state index in [0.29, 0.717) is 25.9 Å². The Labute approximate surface area is 205 Å². The van der Waals surface area contributed by atoms with Crippen LogP contribution in [0.3, 0.4) is 0 Å². The van der Waals surface area contributed by atoms with Crippen molar-refractivity contribution in [2.45, 2.75) is 12.1 Å². The summed E-state index contributed by atoms with van der Waals surface area (Å²) in [5.74, 6) is 1.43. The van der Waals surface area contributed by atoms with Gasteiger partial charge in [0.05, 0.1) is 21.8 Å². The van der Waals surface area contributed by atoms with Crippen LogP contribution < -0.4 is 10.2 Å². The van der Waals surface area contributed by atoms with E-state index in [-0.39, 0.29) is 12.1 Å². The van der Waals surface area contributed by atoms with Gasteiger partial charge in [-0.1, -0.05) is 40.9 Å². The molecule has 0 aliphatic carbocycles. The number of benzene rings is 2. The fourth-order valence-corrected chi connectivity index (χ4v) is 4.61.